The second-order valence-electron chi connectivity index (χ2n) is 8.36. The van der Waals surface area contributed by atoms with Crippen LogP contribution in [0.4, 0.5) is 0 Å². The van der Waals surface area contributed by atoms with Crippen molar-refractivity contribution in [2.24, 2.45) is 5.92 Å². The van der Waals surface area contributed by atoms with Crippen LogP contribution in [-0.2, 0) is 12.0 Å². The lowest BCUT2D eigenvalue weighted by Crippen LogP contribution is -2.69. The number of aromatic hydroxyl groups is 1. The molecule has 27 heavy (non-hydrogen) atoms. The summed E-state index contributed by atoms with van der Waals surface area (Å²) in [6.07, 6.45) is 0. The van der Waals surface area contributed by atoms with Crippen molar-refractivity contribution in [3.05, 3.63) is 64.7 Å². The maximum atomic E-state index is 9.93. The Bertz CT molecular complexity index is 812. The number of nitrogens with zero attached hydrogens (tertiary/aromatic N) is 2. The minimum absolute atomic E-state index is 0.0994. The average molecular weight is 384 g/mol. The SMILES string of the molecule is Oc1cccc(CNC2C3CN4CCN(C3)CC2(c2ccccc2)C4)c1Cl. The normalized spacial score (nSPS) is 34.6. The zero-order chi connectivity index (χ0) is 18.4. The zero-order valence-electron chi connectivity index (χ0n) is 15.4. The summed E-state index contributed by atoms with van der Waals surface area (Å²) in [4.78, 5) is 5.31. The molecule has 4 nitrogen and oxygen atoms in total. The molecule has 0 spiro atoms. The van der Waals surface area contributed by atoms with Gasteiger partial charge in [-0.25, -0.2) is 0 Å². The summed E-state index contributed by atoms with van der Waals surface area (Å²) in [5.74, 6) is 0.763. The molecule has 0 radical (unpaired) electrons. The van der Waals surface area contributed by atoms with Gasteiger partial charge in [0.05, 0.1) is 5.02 Å². The van der Waals surface area contributed by atoms with E-state index in [1.54, 1.807) is 6.07 Å². The Morgan fingerprint density at radius 1 is 1.00 bits per heavy atom. The molecule has 4 aliphatic rings. The predicted octanol–water partition coefficient (Wildman–Crippen LogP) is 2.70. The van der Waals surface area contributed by atoms with Crippen LogP contribution in [0.5, 0.6) is 5.75 Å². The van der Waals surface area contributed by atoms with E-state index >= 15 is 0 Å². The molecule has 4 fully saturated rings. The molecule has 4 heterocycles. The van der Waals surface area contributed by atoms with Gasteiger partial charge in [-0.2, -0.15) is 0 Å². The fourth-order valence-electron chi connectivity index (χ4n) is 5.60. The van der Waals surface area contributed by atoms with Crippen LogP contribution in [0.25, 0.3) is 0 Å². The molecule has 2 aromatic carbocycles. The summed E-state index contributed by atoms with van der Waals surface area (Å²) in [7, 11) is 0. The van der Waals surface area contributed by atoms with E-state index in [-0.39, 0.29) is 11.2 Å². The van der Waals surface area contributed by atoms with Crippen LogP contribution in [-0.4, -0.2) is 60.2 Å². The molecule has 3 atom stereocenters. The first-order valence-corrected chi connectivity index (χ1v) is 10.2. The molecule has 0 aromatic heterocycles. The van der Waals surface area contributed by atoms with Crippen molar-refractivity contribution in [3.63, 3.8) is 0 Å². The van der Waals surface area contributed by atoms with Gasteiger partial charge in [-0.1, -0.05) is 54.1 Å². The summed E-state index contributed by atoms with van der Waals surface area (Å²) in [5, 5.41) is 14.3. The molecule has 2 N–H and O–H groups in total. The topological polar surface area (TPSA) is 38.7 Å². The van der Waals surface area contributed by atoms with Crippen LogP contribution in [0, 0.1) is 5.92 Å². The monoisotopic (exact) mass is 383 g/mol. The number of rotatable bonds is 4. The van der Waals surface area contributed by atoms with Gasteiger partial charge in [0.1, 0.15) is 5.75 Å². The van der Waals surface area contributed by atoms with Gasteiger partial charge >= 0.3 is 0 Å². The number of halogens is 1. The van der Waals surface area contributed by atoms with Gasteiger partial charge in [0.15, 0.2) is 0 Å². The van der Waals surface area contributed by atoms with Crippen LogP contribution in [0.3, 0.4) is 0 Å². The first kappa shape index (κ1) is 17.5. The van der Waals surface area contributed by atoms with Gasteiger partial charge in [-0.05, 0) is 17.2 Å². The van der Waals surface area contributed by atoms with Crippen molar-refractivity contribution in [2.45, 2.75) is 18.0 Å². The Morgan fingerprint density at radius 2 is 1.70 bits per heavy atom. The number of phenolic OH excluding ortho intramolecular Hbond substituents is 1. The molecule has 0 aliphatic carbocycles. The minimum atomic E-state index is 0.0994. The smallest absolute Gasteiger partial charge is 0.134 e. The summed E-state index contributed by atoms with van der Waals surface area (Å²) in [5.41, 5.74) is 2.50. The molecule has 142 valence electrons. The highest BCUT2D eigenvalue weighted by Crippen LogP contribution is 2.43. The zero-order valence-corrected chi connectivity index (χ0v) is 16.2. The van der Waals surface area contributed by atoms with E-state index in [0.29, 0.717) is 23.5 Å². The Morgan fingerprint density at radius 3 is 2.41 bits per heavy atom. The summed E-state index contributed by atoms with van der Waals surface area (Å²) < 4.78 is 0. The molecule has 4 aliphatic heterocycles. The molecular weight excluding hydrogens is 358 g/mol. The van der Waals surface area contributed by atoms with Crippen molar-refractivity contribution < 1.29 is 5.11 Å². The standard InChI is InChI=1S/C22H26ClN3O/c23-20-16(5-4-8-19(20)27)11-24-21-17-12-25-9-10-26(13-17)15-22(21,14-25)18-6-2-1-3-7-18/h1-8,17,21,24,27H,9-15H2. The first-order valence-electron chi connectivity index (χ1n) is 9.86. The third kappa shape index (κ3) is 2.95. The highest BCUT2D eigenvalue weighted by molar-refractivity contribution is 6.32. The van der Waals surface area contributed by atoms with E-state index in [4.69, 9.17) is 11.6 Å². The van der Waals surface area contributed by atoms with Crippen LogP contribution < -0.4 is 5.32 Å². The lowest BCUT2D eigenvalue weighted by atomic mass is 9.64. The lowest BCUT2D eigenvalue weighted by Gasteiger charge is -2.56. The third-order valence-corrected chi connectivity index (χ3v) is 7.15. The molecule has 5 heteroatoms. The van der Waals surface area contributed by atoms with Crippen molar-refractivity contribution in [2.75, 3.05) is 39.3 Å². The Kier molecular flexibility index (Phi) is 4.40. The fraction of sp³-hybridized carbons (Fsp3) is 0.455. The largest absolute Gasteiger partial charge is 0.506 e. The van der Waals surface area contributed by atoms with Gasteiger partial charge in [0.2, 0.25) is 0 Å². The maximum absolute atomic E-state index is 9.93. The number of phenols is 1. The Balaban J connectivity index is 1.49. The van der Waals surface area contributed by atoms with E-state index < -0.39 is 0 Å². The average Bonchev–Trinajstić information content (AvgIpc) is 2.93. The molecule has 4 saturated heterocycles. The summed E-state index contributed by atoms with van der Waals surface area (Å²) in [6, 6.07) is 16.9. The van der Waals surface area contributed by atoms with Crippen molar-refractivity contribution >= 4 is 11.6 Å². The van der Waals surface area contributed by atoms with Crippen LogP contribution >= 0.6 is 11.6 Å². The molecule has 0 amide bonds. The minimum Gasteiger partial charge on any atom is -0.506 e. The number of hydrogen-bond donors (Lipinski definition) is 2. The number of hydrogen-bond acceptors (Lipinski definition) is 4. The predicted molar refractivity (Wildman–Crippen MR) is 108 cm³/mol. The van der Waals surface area contributed by atoms with Crippen LogP contribution in [0.1, 0.15) is 11.1 Å². The van der Waals surface area contributed by atoms with E-state index in [1.165, 1.54) is 18.7 Å². The van der Waals surface area contributed by atoms with Crippen molar-refractivity contribution in [1.82, 2.24) is 15.1 Å². The number of fused-ring (bicyclic) bond motifs is 1. The first-order chi connectivity index (χ1) is 13.2. The molecule has 6 rings (SSSR count). The number of piperidine rings is 2. The van der Waals surface area contributed by atoms with Crippen molar-refractivity contribution in [3.8, 4) is 5.75 Å². The lowest BCUT2D eigenvalue weighted by molar-refractivity contribution is 0.0175. The quantitative estimate of drug-likeness (QED) is 0.851. The number of benzene rings is 2. The van der Waals surface area contributed by atoms with E-state index in [2.05, 4.69) is 45.4 Å². The molecule has 4 bridgehead atoms. The van der Waals surface area contributed by atoms with E-state index in [0.717, 1.165) is 31.7 Å². The third-order valence-electron chi connectivity index (χ3n) is 6.72. The van der Waals surface area contributed by atoms with Gasteiger partial charge in [0, 0.05) is 63.2 Å². The van der Waals surface area contributed by atoms with Crippen LogP contribution in [0.15, 0.2) is 48.5 Å². The second kappa shape index (κ2) is 6.78. The van der Waals surface area contributed by atoms with Crippen LogP contribution in [0.2, 0.25) is 5.02 Å². The van der Waals surface area contributed by atoms with Gasteiger partial charge in [-0.15, -0.1) is 0 Å². The highest BCUT2D eigenvalue weighted by Gasteiger charge is 2.54. The molecule has 2 aromatic rings. The molecule has 0 saturated carbocycles. The van der Waals surface area contributed by atoms with Gasteiger partial charge < -0.3 is 20.2 Å². The fourth-order valence-corrected chi connectivity index (χ4v) is 5.79. The van der Waals surface area contributed by atoms with E-state index in [1.807, 2.05) is 12.1 Å². The summed E-state index contributed by atoms with van der Waals surface area (Å²) >= 11 is 6.33. The van der Waals surface area contributed by atoms with Gasteiger partial charge in [-0.3, -0.25) is 0 Å². The highest BCUT2D eigenvalue weighted by atomic mass is 35.5. The molecular formula is C22H26ClN3O. The Labute approximate surface area is 165 Å². The van der Waals surface area contributed by atoms with Gasteiger partial charge in [0.25, 0.3) is 0 Å². The Hall–Kier alpha value is -1.59. The maximum Gasteiger partial charge on any atom is 0.134 e. The second-order valence-corrected chi connectivity index (χ2v) is 8.74. The summed E-state index contributed by atoms with van der Waals surface area (Å²) in [6.45, 7) is 7.58. The van der Waals surface area contributed by atoms with Crippen molar-refractivity contribution in [1.29, 1.82) is 0 Å². The van der Waals surface area contributed by atoms with E-state index in [9.17, 15) is 5.11 Å². The number of nitrogens with one attached hydrogen (secondary N) is 1. The molecule has 3 unspecified atom stereocenters.